The van der Waals surface area contributed by atoms with Crippen LogP contribution in [0.15, 0.2) is 57.2 Å². The molecule has 152 valence electrons. The summed E-state index contributed by atoms with van der Waals surface area (Å²) in [7, 11) is 1.57. The van der Waals surface area contributed by atoms with Gasteiger partial charge in [0.05, 0.1) is 17.8 Å². The van der Waals surface area contributed by atoms with Crippen molar-refractivity contribution in [1.29, 1.82) is 0 Å². The van der Waals surface area contributed by atoms with Gasteiger partial charge in [-0.25, -0.2) is 8.78 Å². The third kappa shape index (κ3) is 5.13. The van der Waals surface area contributed by atoms with Gasteiger partial charge in [0, 0.05) is 5.56 Å². The number of rotatable bonds is 8. The minimum Gasteiger partial charge on any atom is -0.496 e. The minimum absolute atomic E-state index is 0.262. The number of thioether (sulfide) groups is 1. The Morgan fingerprint density at radius 3 is 2.69 bits per heavy atom. The van der Waals surface area contributed by atoms with Crippen molar-refractivity contribution in [3.8, 4) is 11.5 Å². The molecule has 0 fully saturated rings. The fraction of sp³-hybridized carbons (Fsp3) is 0.211. The molecular weight excluding hydrogens is 466 g/mol. The summed E-state index contributed by atoms with van der Waals surface area (Å²) in [5, 5.41) is 11.6. The molecule has 10 heteroatoms. The molecule has 1 aromatic heterocycles. The van der Waals surface area contributed by atoms with Gasteiger partial charge in [-0.3, -0.25) is 0 Å². The summed E-state index contributed by atoms with van der Waals surface area (Å²) in [6.07, 6.45) is 0.413. The van der Waals surface area contributed by atoms with E-state index in [4.69, 9.17) is 9.47 Å². The van der Waals surface area contributed by atoms with Crippen LogP contribution in [0.1, 0.15) is 23.4 Å². The third-order valence-electron chi connectivity index (χ3n) is 3.86. The van der Waals surface area contributed by atoms with E-state index in [2.05, 4.69) is 31.2 Å². The lowest BCUT2D eigenvalue weighted by atomic mass is 10.1. The van der Waals surface area contributed by atoms with Crippen LogP contribution in [-0.2, 0) is 6.61 Å². The largest absolute Gasteiger partial charge is 0.496 e. The average Bonchev–Trinajstić information content (AvgIpc) is 3.15. The van der Waals surface area contributed by atoms with Gasteiger partial charge < -0.3 is 9.47 Å². The topological polar surface area (TPSA) is 61.5 Å². The first-order valence-electron chi connectivity index (χ1n) is 8.39. The van der Waals surface area contributed by atoms with Crippen molar-refractivity contribution >= 4 is 33.9 Å². The van der Waals surface area contributed by atoms with Gasteiger partial charge in [-0.1, -0.05) is 23.9 Å². The molecule has 0 aliphatic rings. The second-order valence-electron chi connectivity index (χ2n) is 5.69. The maximum absolute atomic E-state index is 13.1. The van der Waals surface area contributed by atoms with Crippen LogP contribution in [0.5, 0.6) is 11.5 Å². The molecule has 0 spiro atoms. The van der Waals surface area contributed by atoms with Crippen molar-refractivity contribution in [1.82, 2.24) is 14.9 Å². The number of hydrogen-bond acceptors (Lipinski definition) is 6. The van der Waals surface area contributed by atoms with Crippen molar-refractivity contribution in [2.75, 3.05) is 13.4 Å². The molecule has 0 aliphatic heterocycles. The Hall–Kier alpha value is -2.46. The fourth-order valence-corrected chi connectivity index (χ4v) is 3.32. The standard InChI is InChI=1S/C19H17BrF2N4O2S/c1-27-15-8-7-12(9-13(15)11-28-16-6-4-3-5-14(16)20)10-23-26-18(17(21)22)24-25-19(26)29-2/h3-10,17H,11H2,1-2H3/b23-10+. The maximum atomic E-state index is 13.1. The molecular formula is C19H17BrF2N4O2S. The quantitative estimate of drug-likeness (QED) is 0.327. The lowest BCUT2D eigenvalue weighted by Gasteiger charge is -2.12. The Labute approximate surface area is 179 Å². The van der Waals surface area contributed by atoms with Gasteiger partial charge in [0.1, 0.15) is 18.1 Å². The van der Waals surface area contributed by atoms with E-state index in [1.165, 1.54) is 18.0 Å². The highest BCUT2D eigenvalue weighted by atomic mass is 79.9. The predicted octanol–water partition coefficient (Wildman–Crippen LogP) is 5.17. The van der Waals surface area contributed by atoms with Crippen molar-refractivity contribution < 1.29 is 18.3 Å². The van der Waals surface area contributed by atoms with Crippen LogP contribution in [0.3, 0.4) is 0 Å². The van der Waals surface area contributed by atoms with Crippen LogP contribution >= 0.6 is 27.7 Å². The van der Waals surface area contributed by atoms with E-state index in [1.54, 1.807) is 25.5 Å². The number of para-hydroxylation sites is 1. The minimum atomic E-state index is -2.77. The molecule has 0 radical (unpaired) electrons. The van der Waals surface area contributed by atoms with Crippen molar-refractivity contribution in [3.63, 3.8) is 0 Å². The molecule has 2 aromatic carbocycles. The van der Waals surface area contributed by atoms with E-state index in [-0.39, 0.29) is 11.8 Å². The highest BCUT2D eigenvalue weighted by molar-refractivity contribution is 9.10. The van der Waals surface area contributed by atoms with Gasteiger partial charge >= 0.3 is 0 Å². The number of halogens is 3. The van der Waals surface area contributed by atoms with Gasteiger partial charge in [-0.2, -0.15) is 9.78 Å². The second-order valence-corrected chi connectivity index (χ2v) is 7.32. The zero-order chi connectivity index (χ0) is 20.8. The van der Waals surface area contributed by atoms with E-state index in [0.29, 0.717) is 17.1 Å². The lowest BCUT2D eigenvalue weighted by Crippen LogP contribution is -2.02. The molecule has 3 aromatic rings. The summed E-state index contributed by atoms with van der Waals surface area (Å²) in [5.41, 5.74) is 1.48. The zero-order valence-electron chi connectivity index (χ0n) is 15.6. The monoisotopic (exact) mass is 482 g/mol. The Morgan fingerprint density at radius 1 is 1.21 bits per heavy atom. The number of alkyl halides is 2. The molecule has 0 N–H and O–H groups in total. The van der Waals surface area contributed by atoms with E-state index in [1.807, 2.05) is 30.3 Å². The summed E-state index contributed by atoms with van der Waals surface area (Å²) < 4.78 is 39.4. The van der Waals surface area contributed by atoms with Crippen molar-refractivity contribution in [2.24, 2.45) is 5.10 Å². The average molecular weight is 483 g/mol. The highest BCUT2D eigenvalue weighted by Gasteiger charge is 2.19. The van der Waals surface area contributed by atoms with Crippen LogP contribution in [0, 0.1) is 0 Å². The Kier molecular flexibility index (Phi) is 7.21. The molecule has 1 heterocycles. The van der Waals surface area contributed by atoms with E-state index in [9.17, 15) is 8.78 Å². The lowest BCUT2D eigenvalue weighted by molar-refractivity contribution is 0.135. The molecule has 0 bridgehead atoms. The number of nitrogens with zero attached hydrogens (tertiary/aromatic N) is 4. The van der Waals surface area contributed by atoms with E-state index >= 15 is 0 Å². The van der Waals surface area contributed by atoms with Gasteiger partial charge in [-0.05, 0) is 58.1 Å². The van der Waals surface area contributed by atoms with Crippen LogP contribution < -0.4 is 9.47 Å². The maximum Gasteiger partial charge on any atom is 0.299 e. The summed E-state index contributed by atoms with van der Waals surface area (Å²) in [5.74, 6) is 0.845. The molecule has 0 atom stereocenters. The Balaban J connectivity index is 1.84. The van der Waals surface area contributed by atoms with Gasteiger partial charge in [0.25, 0.3) is 6.43 Å². The Morgan fingerprint density at radius 2 is 2.00 bits per heavy atom. The first-order chi connectivity index (χ1) is 14.0. The first-order valence-corrected chi connectivity index (χ1v) is 10.4. The van der Waals surface area contributed by atoms with Crippen LogP contribution in [0.2, 0.25) is 0 Å². The summed E-state index contributed by atoms with van der Waals surface area (Å²) >= 11 is 4.63. The van der Waals surface area contributed by atoms with Gasteiger partial charge in [-0.15, -0.1) is 10.2 Å². The SMILES string of the molecule is COc1ccc(/C=N/n2c(SC)nnc2C(F)F)cc1COc1ccccc1Br. The van der Waals surface area contributed by atoms with Crippen LogP contribution in [0.4, 0.5) is 8.78 Å². The van der Waals surface area contributed by atoms with Crippen LogP contribution in [-0.4, -0.2) is 34.5 Å². The first kappa shape index (κ1) is 21.3. The molecule has 3 rings (SSSR count). The third-order valence-corrected chi connectivity index (χ3v) is 5.14. The van der Waals surface area contributed by atoms with Crippen molar-refractivity contribution in [3.05, 3.63) is 63.9 Å². The number of aromatic nitrogens is 3. The number of ether oxygens (including phenoxy) is 2. The van der Waals surface area contributed by atoms with E-state index < -0.39 is 12.2 Å². The normalized spacial score (nSPS) is 11.4. The summed E-state index contributed by atoms with van der Waals surface area (Å²) in [6.45, 7) is 0.262. The molecule has 0 saturated carbocycles. The fourth-order valence-electron chi connectivity index (χ4n) is 2.48. The number of methoxy groups -OCH3 is 1. The number of hydrogen-bond donors (Lipinski definition) is 0. The zero-order valence-corrected chi connectivity index (χ0v) is 18.0. The molecule has 6 nitrogen and oxygen atoms in total. The molecule has 29 heavy (non-hydrogen) atoms. The Bertz CT molecular complexity index is 1010. The molecule has 0 unspecified atom stereocenters. The van der Waals surface area contributed by atoms with Gasteiger partial charge in [0.15, 0.2) is 0 Å². The van der Waals surface area contributed by atoms with Gasteiger partial charge in [0.2, 0.25) is 11.0 Å². The summed E-state index contributed by atoms with van der Waals surface area (Å²) in [4.78, 5) is 0. The molecule has 0 saturated heterocycles. The summed E-state index contributed by atoms with van der Waals surface area (Å²) in [6, 6.07) is 12.9. The predicted molar refractivity (Wildman–Crippen MR) is 111 cm³/mol. The smallest absolute Gasteiger partial charge is 0.299 e. The van der Waals surface area contributed by atoms with Crippen LogP contribution in [0.25, 0.3) is 0 Å². The van der Waals surface area contributed by atoms with E-state index in [0.717, 1.165) is 14.7 Å². The second kappa shape index (κ2) is 9.84. The highest BCUT2D eigenvalue weighted by Crippen LogP contribution is 2.27. The molecule has 0 amide bonds. The van der Waals surface area contributed by atoms with Crippen molar-refractivity contribution in [2.45, 2.75) is 18.2 Å². The number of benzene rings is 2. The molecule has 0 aliphatic carbocycles.